The van der Waals surface area contributed by atoms with Crippen LogP contribution in [0.25, 0.3) is 0 Å². The molecular weight excluding hydrogens is 312 g/mol. The smallest absolute Gasteiger partial charge is 0.410 e. The Morgan fingerprint density at radius 3 is 2.48 bits per heavy atom. The SMILES string of the molecule is CCN(CC)C(=O)O[C@H]1C(=O)C(F)(F)[C@H](O)[C@H]2O[C@H]2CC1(C)C. The first-order valence-corrected chi connectivity index (χ1v) is 7.77. The number of carbonyl (C=O) groups excluding carboxylic acids is 2. The largest absolute Gasteiger partial charge is 0.437 e. The molecule has 1 heterocycles. The third-order valence-corrected chi connectivity index (χ3v) is 4.55. The molecule has 0 aromatic carbocycles. The first-order chi connectivity index (χ1) is 10.6. The van der Waals surface area contributed by atoms with E-state index in [0.29, 0.717) is 13.1 Å². The minimum absolute atomic E-state index is 0.243. The third kappa shape index (κ3) is 3.19. The van der Waals surface area contributed by atoms with Crippen molar-refractivity contribution in [2.45, 2.75) is 64.5 Å². The fourth-order valence-corrected chi connectivity index (χ4v) is 2.98. The number of alkyl halides is 2. The summed E-state index contributed by atoms with van der Waals surface area (Å²) in [5.41, 5.74) is -1.02. The van der Waals surface area contributed by atoms with Gasteiger partial charge < -0.3 is 19.5 Å². The zero-order valence-electron chi connectivity index (χ0n) is 13.7. The lowest BCUT2D eigenvalue weighted by atomic mass is 9.75. The lowest BCUT2D eigenvalue weighted by Gasteiger charge is -2.37. The highest BCUT2D eigenvalue weighted by molar-refractivity contribution is 5.92. The van der Waals surface area contributed by atoms with Crippen molar-refractivity contribution in [3.8, 4) is 0 Å². The van der Waals surface area contributed by atoms with Gasteiger partial charge in [-0.1, -0.05) is 13.8 Å². The van der Waals surface area contributed by atoms with Crippen molar-refractivity contribution in [3.63, 3.8) is 0 Å². The molecule has 0 spiro atoms. The molecule has 4 atom stereocenters. The fraction of sp³-hybridized carbons (Fsp3) is 0.867. The van der Waals surface area contributed by atoms with Crippen LogP contribution in [0.5, 0.6) is 0 Å². The maximum absolute atomic E-state index is 14.2. The molecule has 1 aliphatic carbocycles. The van der Waals surface area contributed by atoms with Gasteiger partial charge in [0, 0.05) is 18.5 Å². The van der Waals surface area contributed by atoms with Crippen molar-refractivity contribution < 1.29 is 33.0 Å². The van der Waals surface area contributed by atoms with Crippen LogP contribution in [0.2, 0.25) is 0 Å². The second-order valence-corrected chi connectivity index (χ2v) is 6.70. The summed E-state index contributed by atoms with van der Waals surface area (Å²) in [6.07, 6.45) is -6.05. The second-order valence-electron chi connectivity index (χ2n) is 6.70. The molecule has 2 rings (SSSR count). The Labute approximate surface area is 133 Å². The standard InChI is InChI=1S/C15H23F2NO5/c1-5-18(6-2)13(21)23-12-11(20)15(16,17)10(19)9-8(22-9)7-14(12,3)4/h8-10,12,19H,5-7H2,1-4H3/t8-,9-,10+,12-/m0/s1. The molecule has 132 valence electrons. The van der Waals surface area contributed by atoms with Crippen molar-refractivity contribution in [3.05, 3.63) is 0 Å². The average Bonchev–Trinajstić information content (AvgIpc) is 3.21. The Balaban J connectivity index is 2.29. The average molecular weight is 335 g/mol. The zero-order valence-corrected chi connectivity index (χ0v) is 13.7. The number of halogens is 2. The van der Waals surface area contributed by atoms with Gasteiger partial charge in [-0.15, -0.1) is 0 Å². The highest BCUT2D eigenvalue weighted by Crippen LogP contribution is 2.46. The number of carbonyl (C=O) groups is 2. The molecule has 23 heavy (non-hydrogen) atoms. The van der Waals surface area contributed by atoms with Gasteiger partial charge in [0.25, 0.3) is 0 Å². The molecule has 6 nitrogen and oxygen atoms in total. The van der Waals surface area contributed by atoms with E-state index in [4.69, 9.17) is 9.47 Å². The van der Waals surface area contributed by atoms with E-state index in [1.54, 1.807) is 27.7 Å². The van der Waals surface area contributed by atoms with Crippen molar-refractivity contribution in [2.75, 3.05) is 13.1 Å². The molecular formula is C15H23F2NO5. The number of aliphatic hydroxyl groups excluding tert-OH is 1. The van der Waals surface area contributed by atoms with Crippen molar-refractivity contribution >= 4 is 11.9 Å². The minimum atomic E-state index is -4.02. The number of Topliss-reactive ketones (excluding diaryl/α,β-unsaturated/α-hetero) is 1. The van der Waals surface area contributed by atoms with Gasteiger partial charge in [0.05, 0.1) is 6.10 Å². The summed E-state index contributed by atoms with van der Waals surface area (Å²) in [7, 11) is 0. The van der Waals surface area contributed by atoms with Crippen LogP contribution in [0.3, 0.4) is 0 Å². The minimum Gasteiger partial charge on any atom is -0.437 e. The van der Waals surface area contributed by atoms with Crippen molar-refractivity contribution in [2.24, 2.45) is 5.41 Å². The molecule has 1 saturated heterocycles. The number of rotatable bonds is 3. The van der Waals surface area contributed by atoms with E-state index in [-0.39, 0.29) is 6.42 Å². The van der Waals surface area contributed by atoms with Gasteiger partial charge in [0.2, 0.25) is 5.78 Å². The molecule has 0 aromatic heterocycles. The number of fused-ring (bicyclic) bond motifs is 1. The first-order valence-electron chi connectivity index (χ1n) is 7.77. The summed E-state index contributed by atoms with van der Waals surface area (Å²) in [4.78, 5) is 25.7. The van der Waals surface area contributed by atoms with E-state index in [0.717, 1.165) is 0 Å². The molecule has 0 unspecified atom stereocenters. The Bertz CT molecular complexity index is 492. The van der Waals surface area contributed by atoms with E-state index in [1.807, 2.05) is 0 Å². The summed E-state index contributed by atoms with van der Waals surface area (Å²) in [5.74, 6) is -5.60. The van der Waals surface area contributed by atoms with Crippen LogP contribution < -0.4 is 0 Å². The topological polar surface area (TPSA) is 79.4 Å². The molecule has 8 heteroatoms. The number of epoxide rings is 1. The molecule has 1 saturated carbocycles. The third-order valence-electron chi connectivity index (χ3n) is 4.55. The number of aliphatic hydroxyl groups is 1. The Morgan fingerprint density at radius 1 is 1.39 bits per heavy atom. The van der Waals surface area contributed by atoms with Crippen molar-refractivity contribution in [1.82, 2.24) is 4.90 Å². The number of hydrogen-bond acceptors (Lipinski definition) is 5. The predicted octanol–water partition coefficient (Wildman–Crippen LogP) is 1.60. The highest BCUT2D eigenvalue weighted by atomic mass is 19.3. The summed E-state index contributed by atoms with van der Waals surface area (Å²) in [6, 6.07) is 0. The highest BCUT2D eigenvalue weighted by Gasteiger charge is 2.65. The van der Waals surface area contributed by atoms with Crippen LogP contribution in [-0.4, -0.2) is 65.3 Å². The second kappa shape index (κ2) is 5.98. The van der Waals surface area contributed by atoms with Crippen molar-refractivity contribution in [1.29, 1.82) is 0 Å². The number of amides is 1. The molecule has 0 bridgehead atoms. The van der Waals surface area contributed by atoms with E-state index in [1.165, 1.54) is 4.90 Å². The lowest BCUT2D eigenvalue weighted by molar-refractivity contribution is -0.179. The van der Waals surface area contributed by atoms with Crippen LogP contribution in [0, 0.1) is 5.41 Å². The summed E-state index contributed by atoms with van der Waals surface area (Å²) < 4.78 is 38.7. The first kappa shape index (κ1) is 18.1. The summed E-state index contributed by atoms with van der Waals surface area (Å²) in [6.45, 7) is 7.27. The summed E-state index contributed by atoms with van der Waals surface area (Å²) >= 11 is 0. The van der Waals surface area contributed by atoms with E-state index in [9.17, 15) is 23.5 Å². The monoisotopic (exact) mass is 335 g/mol. The van der Waals surface area contributed by atoms with Crippen LogP contribution in [0.1, 0.15) is 34.1 Å². The van der Waals surface area contributed by atoms with Gasteiger partial charge in [-0.2, -0.15) is 8.78 Å². The number of nitrogens with zero attached hydrogens (tertiary/aromatic N) is 1. The molecule has 0 aromatic rings. The Hall–Kier alpha value is -1.28. The zero-order chi connectivity index (χ0) is 17.6. The van der Waals surface area contributed by atoms with Crippen LogP contribution in [-0.2, 0) is 14.3 Å². The fourth-order valence-electron chi connectivity index (χ4n) is 2.98. The van der Waals surface area contributed by atoms with Gasteiger partial charge in [-0.25, -0.2) is 4.79 Å². The Kier molecular flexibility index (Phi) is 4.69. The van der Waals surface area contributed by atoms with Gasteiger partial charge in [-0.3, -0.25) is 4.79 Å². The molecule has 2 aliphatic rings. The Morgan fingerprint density at radius 2 is 1.96 bits per heavy atom. The summed E-state index contributed by atoms with van der Waals surface area (Å²) in [5, 5.41) is 9.70. The maximum atomic E-state index is 14.2. The van der Waals surface area contributed by atoms with E-state index in [2.05, 4.69) is 0 Å². The quantitative estimate of drug-likeness (QED) is 0.793. The van der Waals surface area contributed by atoms with E-state index >= 15 is 0 Å². The van der Waals surface area contributed by atoms with Crippen LogP contribution in [0.15, 0.2) is 0 Å². The number of hydrogen-bond donors (Lipinski definition) is 1. The van der Waals surface area contributed by atoms with Gasteiger partial charge in [-0.05, 0) is 20.3 Å². The lowest BCUT2D eigenvalue weighted by Crippen LogP contribution is -2.57. The van der Waals surface area contributed by atoms with Crippen LogP contribution in [0.4, 0.5) is 13.6 Å². The molecule has 1 N–H and O–H groups in total. The molecule has 1 aliphatic heterocycles. The predicted molar refractivity (Wildman–Crippen MR) is 76.2 cm³/mol. The number of ether oxygens (including phenoxy) is 2. The van der Waals surface area contributed by atoms with Gasteiger partial charge >= 0.3 is 12.0 Å². The van der Waals surface area contributed by atoms with E-state index < -0.39 is 47.6 Å². The van der Waals surface area contributed by atoms with Crippen LogP contribution >= 0.6 is 0 Å². The van der Waals surface area contributed by atoms with Gasteiger partial charge in [0.1, 0.15) is 6.10 Å². The van der Waals surface area contributed by atoms with Gasteiger partial charge in [0.15, 0.2) is 12.2 Å². The molecule has 1 amide bonds. The normalized spacial score (nSPS) is 34.8. The molecule has 2 fully saturated rings. The number of ketones is 1. The molecule has 0 radical (unpaired) electrons. The maximum Gasteiger partial charge on any atom is 0.410 e.